The van der Waals surface area contributed by atoms with Crippen molar-refractivity contribution in [2.45, 2.75) is 12.5 Å². The van der Waals surface area contributed by atoms with Gasteiger partial charge in [0.05, 0.1) is 0 Å². The fourth-order valence-electron chi connectivity index (χ4n) is 1.09. The second-order valence-electron chi connectivity index (χ2n) is 2.89. The summed E-state index contributed by atoms with van der Waals surface area (Å²) in [6.07, 6.45) is 0.313. The van der Waals surface area contributed by atoms with Gasteiger partial charge >= 0.3 is 5.97 Å². The average Bonchev–Trinajstić information content (AvgIpc) is 2.16. The summed E-state index contributed by atoms with van der Waals surface area (Å²) in [6, 6.07) is 5.79. The first-order valence-electron chi connectivity index (χ1n) is 4.02. The van der Waals surface area contributed by atoms with Gasteiger partial charge in [-0.15, -0.1) is 0 Å². The van der Waals surface area contributed by atoms with E-state index in [1.54, 1.807) is 24.3 Å². The van der Waals surface area contributed by atoms with Crippen molar-refractivity contribution in [3.63, 3.8) is 0 Å². The summed E-state index contributed by atoms with van der Waals surface area (Å²) in [4.78, 5) is 10.9. The van der Waals surface area contributed by atoms with E-state index in [4.69, 9.17) is 10.8 Å². The Balaban J connectivity index is 2.64. The largest absolute Gasteiger partial charge is 0.508 e. The van der Waals surface area contributed by atoms with Gasteiger partial charge in [-0.25, -0.2) is 4.79 Å². The summed E-state index contributed by atoms with van der Waals surface area (Å²) in [5.41, 5.74) is 6.28. The zero-order valence-electron chi connectivity index (χ0n) is 7.38. The van der Waals surface area contributed by atoms with Crippen LogP contribution in [0.15, 0.2) is 24.3 Å². The first kappa shape index (κ1) is 10.9. The van der Waals surface area contributed by atoms with Gasteiger partial charge in [0, 0.05) is 12.9 Å². The minimum atomic E-state index is -0.755. The minimum Gasteiger partial charge on any atom is -0.508 e. The molecule has 0 amide bonds. The van der Waals surface area contributed by atoms with E-state index in [0.717, 1.165) is 5.56 Å². The molecular weight excluding hydrogens is 202 g/mol. The molecule has 1 aromatic rings. The van der Waals surface area contributed by atoms with Crippen LogP contribution in [0.1, 0.15) is 5.56 Å². The molecule has 0 heterocycles. The third-order valence-corrected chi connectivity index (χ3v) is 1.94. The summed E-state index contributed by atoms with van der Waals surface area (Å²) >= 11 is 3.36. The van der Waals surface area contributed by atoms with Gasteiger partial charge in [-0.3, -0.25) is 0 Å². The fourth-order valence-corrected chi connectivity index (χ4v) is 1.22. The predicted molar refractivity (Wildman–Crippen MR) is 54.9 cm³/mol. The third kappa shape index (κ3) is 2.93. The molecule has 1 rings (SSSR count). The van der Waals surface area contributed by atoms with E-state index >= 15 is 0 Å². The van der Waals surface area contributed by atoms with Gasteiger partial charge in [0.25, 0.3) is 0 Å². The molecule has 0 spiro atoms. The average molecular weight is 213 g/mol. The van der Waals surface area contributed by atoms with Gasteiger partial charge in [-0.1, -0.05) is 12.1 Å². The molecule has 1 aromatic carbocycles. The van der Waals surface area contributed by atoms with Crippen LogP contribution in [0.3, 0.4) is 0 Å². The molecule has 1 atom stereocenters. The van der Waals surface area contributed by atoms with Crippen LogP contribution in [0, 0.1) is 0 Å². The lowest BCUT2D eigenvalue weighted by atomic mass is 10.1. The first-order chi connectivity index (χ1) is 6.63. The molecule has 0 aliphatic rings. The Morgan fingerprint density at radius 1 is 1.64 bits per heavy atom. The van der Waals surface area contributed by atoms with Crippen molar-refractivity contribution >= 4 is 18.9 Å². The van der Waals surface area contributed by atoms with Crippen molar-refractivity contribution in [1.29, 1.82) is 0 Å². The molecule has 0 saturated carbocycles. The summed E-state index contributed by atoms with van der Waals surface area (Å²) in [6.45, 7) is 0. The number of benzene rings is 1. The number of carbonyl (C=O) groups excluding carboxylic acids is 1. The molecule has 0 radical (unpaired) electrons. The van der Waals surface area contributed by atoms with E-state index in [1.807, 2.05) is 0 Å². The van der Waals surface area contributed by atoms with Crippen molar-refractivity contribution in [2.24, 2.45) is 5.73 Å². The maximum atomic E-state index is 10.9. The van der Waals surface area contributed by atoms with Crippen molar-refractivity contribution in [3.8, 4) is 5.75 Å². The maximum absolute atomic E-state index is 10.9. The number of thiol groups is 1. The Morgan fingerprint density at radius 3 is 2.93 bits per heavy atom. The fraction of sp³-hybridized carbons (Fsp3) is 0.222. The van der Waals surface area contributed by atoms with Gasteiger partial charge in [0.1, 0.15) is 11.8 Å². The molecular formula is C9H11NO3S. The van der Waals surface area contributed by atoms with Crippen LogP contribution in [-0.2, 0) is 15.4 Å². The van der Waals surface area contributed by atoms with E-state index in [0.29, 0.717) is 6.42 Å². The number of phenolic OH excluding ortho intramolecular Hbond substituents is 1. The van der Waals surface area contributed by atoms with Crippen molar-refractivity contribution in [3.05, 3.63) is 29.8 Å². The summed E-state index contributed by atoms with van der Waals surface area (Å²) in [5, 5.41) is 9.15. The van der Waals surface area contributed by atoms with Gasteiger partial charge in [-0.05, 0) is 24.1 Å². The lowest BCUT2D eigenvalue weighted by molar-refractivity contribution is -0.134. The Bertz CT molecular complexity index is 330. The SMILES string of the molecule is NC(Cc1cccc(O)c1)C(=O)OS. The smallest absolute Gasteiger partial charge is 0.335 e. The van der Waals surface area contributed by atoms with E-state index in [9.17, 15) is 4.79 Å². The van der Waals surface area contributed by atoms with Crippen LogP contribution in [-0.4, -0.2) is 17.1 Å². The number of phenols is 1. The highest BCUT2D eigenvalue weighted by atomic mass is 32.1. The quantitative estimate of drug-likeness (QED) is 0.509. The van der Waals surface area contributed by atoms with Gasteiger partial charge in [0.15, 0.2) is 0 Å². The molecule has 0 bridgehead atoms. The molecule has 5 heteroatoms. The predicted octanol–water partition coefficient (Wildman–Crippen LogP) is 0.650. The highest BCUT2D eigenvalue weighted by Gasteiger charge is 2.14. The molecule has 0 saturated heterocycles. The van der Waals surface area contributed by atoms with Crippen LogP contribution in [0.25, 0.3) is 0 Å². The Morgan fingerprint density at radius 2 is 2.36 bits per heavy atom. The van der Waals surface area contributed by atoms with E-state index < -0.39 is 12.0 Å². The third-order valence-electron chi connectivity index (χ3n) is 1.76. The van der Waals surface area contributed by atoms with Crippen LogP contribution in [0.2, 0.25) is 0 Å². The summed E-state index contributed by atoms with van der Waals surface area (Å²) in [5.74, 6) is -0.439. The van der Waals surface area contributed by atoms with E-state index in [-0.39, 0.29) is 5.75 Å². The molecule has 76 valence electrons. The number of hydrogen-bond acceptors (Lipinski definition) is 5. The molecule has 3 N–H and O–H groups in total. The number of nitrogens with two attached hydrogens (primary N) is 1. The highest BCUT2D eigenvalue weighted by Crippen LogP contribution is 2.12. The molecule has 0 aliphatic carbocycles. The van der Waals surface area contributed by atoms with Crippen LogP contribution in [0.5, 0.6) is 5.75 Å². The highest BCUT2D eigenvalue weighted by molar-refractivity contribution is 7.75. The van der Waals surface area contributed by atoms with Crippen LogP contribution >= 0.6 is 12.9 Å². The topological polar surface area (TPSA) is 72.5 Å². The minimum absolute atomic E-state index is 0.147. The van der Waals surface area contributed by atoms with Crippen LogP contribution < -0.4 is 5.73 Å². The summed E-state index contributed by atoms with van der Waals surface area (Å²) in [7, 11) is 0. The lowest BCUT2D eigenvalue weighted by Crippen LogP contribution is -2.32. The molecule has 0 aliphatic heterocycles. The second-order valence-corrected chi connectivity index (χ2v) is 3.07. The lowest BCUT2D eigenvalue weighted by Gasteiger charge is -2.08. The van der Waals surface area contributed by atoms with Crippen molar-refractivity contribution < 1.29 is 14.1 Å². The number of aromatic hydroxyl groups is 1. The zero-order chi connectivity index (χ0) is 10.6. The van der Waals surface area contributed by atoms with Crippen molar-refractivity contribution in [2.75, 3.05) is 0 Å². The number of carbonyl (C=O) groups is 1. The number of rotatable bonds is 3. The maximum Gasteiger partial charge on any atom is 0.335 e. The van der Waals surface area contributed by atoms with Crippen molar-refractivity contribution in [1.82, 2.24) is 0 Å². The van der Waals surface area contributed by atoms with E-state index in [2.05, 4.69) is 17.1 Å². The number of hydrogen-bond donors (Lipinski definition) is 3. The molecule has 0 aromatic heterocycles. The normalized spacial score (nSPS) is 12.1. The van der Waals surface area contributed by atoms with E-state index in [1.165, 1.54) is 0 Å². The Labute approximate surface area is 87.3 Å². The summed E-state index contributed by atoms with van der Waals surface area (Å²) < 4.78 is 4.18. The van der Waals surface area contributed by atoms with Crippen LogP contribution in [0.4, 0.5) is 0 Å². The molecule has 4 nitrogen and oxygen atoms in total. The molecule has 1 unspecified atom stereocenters. The monoisotopic (exact) mass is 213 g/mol. The zero-order valence-corrected chi connectivity index (χ0v) is 8.28. The first-order valence-corrected chi connectivity index (χ1v) is 4.38. The molecule has 14 heavy (non-hydrogen) atoms. The standard InChI is InChI=1S/C9H11NO3S/c10-8(9(12)13-14)5-6-2-1-3-7(11)4-6/h1-4,8,11,14H,5,10H2. The van der Waals surface area contributed by atoms with Gasteiger partial charge in [0.2, 0.25) is 0 Å². The molecule has 0 fully saturated rings. The Hall–Kier alpha value is -1.20. The Kier molecular flexibility index (Phi) is 3.79. The van der Waals surface area contributed by atoms with Gasteiger partial charge < -0.3 is 15.0 Å². The second kappa shape index (κ2) is 4.88. The van der Waals surface area contributed by atoms with Gasteiger partial charge in [-0.2, -0.15) is 0 Å².